The van der Waals surface area contributed by atoms with Crippen LogP contribution in [0.2, 0.25) is 0 Å². The average Bonchev–Trinajstić information content (AvgIpc) is 3.05. The molecule has 1 unspecified atom stereocenters. The van der Waals surface area contributed by atoms with E-state index in [1.54, 1.807) is 19.3 Å². The number of piperidine rings is 1. The van der Waals surface area contributed by atoms with Crippen LogP contribution in [0.1, 0.15) is 32.1 Å². The van der Waals surface area contributed by atoms with Crippen LogP contribution in [0.25, 0.3) is 0 Å². The molecule has 3 heterocycles. The summed E-state index contributed by atoms with van der Waals surface area (Å²) in [6, 6.07) is 1.64. The van der Waals surface area contributed by atoms with Gasteiger partial charge in [-0.05, 0) is 31.6 Å². The average molecular weight is 304 g/mol. The van der Waals surface area contributed by atoms with E-state index < -0.39 is 0 Å². The van der Waals surface area contributed by atoms with E-state index >= 15 is 0 Å². The van der Waals surface area contributed by atoms with Crippen molar-refractivity contribution in [3.05, 3.63) is 22.6 Å². The van der Waals surface area contributed by atoms with Crippen molar-refractivity contribution < 1.29 is 4.79 Å². The third-order valence-electron chi connectivity index (χ3n) is 4.76. The minimum Gasteiger partial charge on any atom is -0.370 e. The second-order valence-electron chi connectivity index (χ2n) is 6.42. The molecule has 0 aliphatic carbocycles. The predicted octanol–water partition coefficient (Wildman–Crippen LogP) is 1.01. The lowest BCUT2D eigenvalue weighted by Crippen LogP contribution is -2.39. The number of carbonyl (C=O) groups excluding carboxylic acids is 1. The largest absolute Gasteiger partial charge is 0.370 e. The lowest BCUT2D eigenvalue weighted by Gasteiger charge is -2.34. The highest BCUT2D eigenvalue weighted by Gasteiger charge is 2.26. The Morgan fingerprint density at radius 3 is 2.77 bits per heavy atom. The Bertz CT molecular complexity index is 592. The van der Waals surface area contributed by atoms with Gasteiger partial charge in [-0.2, -0.15) is 5.10 Å². The molecular formula is C16H24N4O2. The van der Waals surface area contributed by atoms with Crippen LogP contribution < -0.4 is 10.5 Å². The number of aryl methyl sites for hydroxylation is 1. The van der Waals surface area contributed by atoms with Crippen LogP contribution in [0.3, 0.4) is 0 Å². The third-order valence-corrected chi connectivity index (χ3v) is 4.76. The monoisotopic (exact) mass is 304 g/mol. The summed E-state index contributed by atoms with van der Waals surface area (Å²) in [5.74, 6) is 0.678. The van der Waals surface area contributed by atoms with Crippen LogP contribution >= 0.6 is 0 Å². The quantitative estimate of drug-likeness (QED) is 0.836. The molecule has 3 rings (SSSR count). The summed E-state index contributed by atoms with van der Waals surface area (Å²) in [7, 11) is 1.65. The van der Waals surface area contributed by atoms with E-state index in [4.69, 9.17) is 0 Å². The van der Waals surface area contributed by atoms with Crippen LogP contribution in [-0.4, -0.2) is 46.8 Å². The maximum absolute atomic E-state index is 12.3. The number of amides is 1. The van der Waals surface area contributed by atoms with Crippen molar-refractivity contribution in [1.82, 2.24) is 14.7 Å². The molecule has 0 radical (unpaired) electrons. The van der Waals surface area contributed by atoms with Gasteiger partial charge in [-0.15, -0.1) is 0 Å². The van der Waals surface area contributed by atoms with E-state index in [0.717, 1.165) is 57.5 Å². The van der Waals surface area contributed by atoms with Crippen LogP contribution in [0, 0.1) is 5.92 Å². The molecule has 22 heavy (non-hydrogen) atoms. The van der Waals surface area contributed by atoms with Crippen molar-refractivity contribution in [3.63, 3.8) is 0 Å². The van der Waals surface area contributed by atoms with E-state index in [2.05, 4.69) is 10.00 Å². The van der Waals surface area contributed by atoms with Crippen LogP contribution in [-0.2, 0) is 11.8 Å². The number of carbonyl (C=O) groups is 1. The number of nitrogens with zero attached hydrogens (tertiary/aromatic N) is 4. The lowest BCUT2D eigenvalue weighted by molar-refractivity contribution is -0.131. The number of hydrogen-bond acceptors (Lipinski definition) is 4. The van der Waals surface area contributed by atoms with Crippen LogP contribution in [0.15, 0.2) is 17.1 Å². The molecule has 0 saturated carbocycles. The molecule has 6 nitrogen and oxygen atoms in total. The summed E-state index contributed by atoms with van der Waals surface area (Å²) in [4.78, 5) is 28.2. The smallest absolute Gasteiger partial charge is 0.268 e. The molecule has 2 fully saturated rings. The zero-order valence-corrected chi connectivity index (χ0v) is 13.2. The molecule has 1 atom stereocenters. The fourth-order valence-corrected chi connectivity index (χ4v) is 3.44. The van der Waals surface area contributed by atoms with Gasteiger partial charge in [-0.3, -0.25) is 9.59 Å². The summed E-state index contributed by atoms with van der Waals surface area (Å²) < 4.78 is 1.34. The fraction of sp³-hybridized carbons (Fsp3) is 0.688. The standard InChI is InChI=1S/C16H24N4O2/c1-18-15(21)10-14(11-17-18)20-8-4-5-13(12-20)9-16(22)19-6-2-3-7-19/h10-11,13H,2-9,12H2,1H3. The van der Waals surface area contributed by atoms with Gasteiger partial charge in [0.2, 0.25) is 5.91 Å². The van der Waals surface area contributed by atoms with Gasteiger partial charge in [-0.25, -0.2) is 4.68 Å². The summed E-state index contributed by atoms with van der Waals surface area (Å²) in [5.41, 5.74) is 0.786. The summed E-state index contributed by atoms with van der Waals surface area (Å²) in [6.07, 6.45) is 6.81. The molecule has 0 spiro atoms. The molecule has 2 saturated heterocycles. The molecule has 1 aromatic rings. The van der Waals surface area contributed by atoms with Gasteiger partial charge >= 0.3 is 0 Å². The Labute approximate surface area is 130 Å². The van der Waals surface area contributed by atoms with E-state index in [1.807, 2.05) is 4.90 Å². The summed E-state index contributed by atoms with van der Waals surface area (Å²) in [5, 5.41) is 4.09. The van der Waals surface area contributed by atoms with Gasteiger partial charge in [0.15, 0.2) is 0 Å². The van der Waals surface area contributed by atoms with Gasteiger partial charge in [0.25, 0.3) is 5.56 Å². The molecule has 1 amide bonds. The first kappa shape index (κ1) is 15.1. The molecule has 0 N–H and O–H groups in total. The highest BCUT2D eigenvalue weighted by Crippen LogP contribution is 2.25. The summed E-state index contributed by atoms with van der Waals surface area (Å²) in [6.45, 7) is 3.62. The minimum absolute atomic E-state index is 0.0900. The molecule has 2 aliphatic rings. The van der Waals surface area contributed by atoms with Crippen molar-refractivity contribution in [1.29, 1.82) is 0 Å². The van der Waals surface area contributed by atoms with Crippen molar-refractivity contribution in [2.45, 2.75) is 32.1 Å². The molecule has 1 aromatic heterocycles. The zero-order valence-electron chi connectivity index (χ0n) is 13.2. The first-order valence-electron chi connectivity index (χ1n) is 8.19. The Hall–Kier alpha value is -1.85. The van der Waals surface area contributed by atoms with Gasteiger partial charge < -0.3 is 9.80 Å². The van der Waals surface area contributed by atoms with Crippen LogP contribution in [0.4, 0.5) is 5.69 Å². The molecule has 120 valence electrons. The number of likely N-dealkylation sites (tertiary alicyclic amines) is 1. The maximum Gasteiger partial charge on any atom is 0.268 e. The van der Waals surface area contributed by atoms with Crippen molar-refractivity contribution in [3.8, 4) is 0 Å². The van der Waals surface area contributed by atoms with E-state index in [9.17, 15) is 9.59 Å². The van der Waals surface area contributed by atoms with Crippen molar-refractivity contribution in [2.75, 3.05) is 31.1 Å². The lowest BCUT2D eigenvalue weighted by atomic mass is 9.94. The predicted molar refractivity (Wildman–Crippen MR) is 84.8 cm³/mol. The Morgan fingerprint density at radius 1 is 1.27 bits per heavy atom. The van der Waals surface area contributed by atoms with E-state index in [-0.39, 0.29) is 5.56 Å². The highest BCUT2D eigenvalue weighted by atomic mass is 16.2. The second kappa shape index (κ2) is 6.50. The SMILES string of the molecule is Cn1ncc(N2CCCC(CC(=O)N3CCCC3)C2)cc1=O. The number of hydrogen-bond donors (Lipinski definition) is 0. The van der Waals surface area contributed by atoms with Gasteiger partial charge in [0.1, 0.15) is 0 Å². The molecule has 0 aromatic carbocycles. The molecule has 0 bridgehead atoms. The van der Waals surface area contributed by atoms with Gasteiger partial charge in [-0.1, -0.05) is 0 Å². The zero-order chi connectivity index (χ0) is 15.5. The second-order valence-corrected chi connectivity index (χ2v) is 6.42. The van der Waals surface area contributed by atoms with E-state index in [1.165, 1.54) is 4.68 Å². The Morgan fingerprint density at radius 2 is 2.05 bits per heavy atom. The van der Waals surface area contributed by atoms with Crippen molar-refractivity contribution >= 4 is 11.6 Å². The number of rotatable bonds is 3. The Balaban J connectivity index is 1.62. The molecular weight excluding hydrogens is 280 g/mol. The number of aromatic nitrogens is 2. The first-order valence-corrected chi connectivity index (χ1v) is 8.19. The minimum atomic E-state index is -0.0900. The third kappa shape index (κ3) is 3.31. The maximum atomic E-state index is 12.3. The fourth-order valence-electron chi connectivity index (χ4n) is 3.44. The van der Waals surface area contributed by atoms with E-state index in [0.29, 0.717) is 18.2 Å². The molecule has 2 aliphatic heterocycles. The normalized spacial score (nSPS) is 22.1. The molecule has 6 heteroatoms. The van der Waals surface area contributed by atoms with Crippen molar-refractivity contribution in [2.24, 2.45) is 13.0 Å². The highest BCUT2D eigenvalue weighted by molar-refractivity contribution is 5.76. The summed E-state index contributed by atoms with van der Waals surface area (Å²) >= 11 is 0. The Kier molecular flexibility index (Phi) is 4.45. The van der Waals surface area contributed by atoms with Gasteiger partial charge in [0, 0.05) is 45.7 Å². The topological polar surface area (TPSA) is 58.4 Å². The van der Waals surface area contributed by atoms with Crippen LogP contribution in [0.5, 0.6) is 0 Å². The number of anilines is 1. The van der Waals surface area contributed by atoms with Gasteiger partial charge in [0.05, 0.1) is 11.9 Å². The first-order chi connectivity index (χ1) is 10.6.